The number of aromatic nitrogens is 1. The van der Waals surface area contributed by atoms with Gasteiger partial charge in [-0.15, -0.1) is 0 Å². The average Bonchev–Trinajstić information content (AvgIpc) is 2.55. The van der Waals surface area contributed by atoms with Crippen LogP contribution in [0.4, 0.5) is 0 Å². The van der Waals surface area contributed by atoms with Gasteiger partial charge in [-0.2, -0.15) is 11.8 Å². The number of thioether (sulfide) groups is 1. The first-order valence-electron chi connectivity index (χ1n) is 5.41. The smallest absolute Gasteiger partial charge is 0.0500 e. The summed E-state index contributed by atoms with van der Waals surface area (Å²) in [5, 5.41) is 2.09. The van der Waals surface area contributed by atoms with Crippen LogP contribution in [0.5, 0.6) is 0 Å². The largest absolute Gasteiger partial charge is 0.341 e. The van der Waals surface area contributed by atoms with E-state index in [-0.39, 0.29) is 0 Å². The van der Waals surface area contributed by atoms with Crippen molar-refractivity contribution >= 4 is 34.3 Å². The summed E-state index contributed by atoms with van der Waals surface area (Å²) < 4.78 is 2.37. The van der Waals surface area contributed by atoms with Gasteiger partial charge in [0, 0.05) is 28.0 Å². The minimum Gasteiger partial charge on any atom is -0.341 e. The summed E-state index contributed by atoms with van der Waals surface area (Å²) in [5.74, 6) is 1.05. The van der Waals surface area contributed by atoms with Crippen LogP contribution in [0.3, 0.4) is 0 Å². The molecule has 2 aromatic rings. The molecule has 0 aliphatic carbocycles. The first kappa shape index (κ1) is 11.9. The lowest BCUT2D eigenvalue weighted by atomic mass is 10.2. The standard InChI is InChI=1S/C13H16ClNS/c1-9(2)15-12(8-16-3)6-10-4-5-11(14)7-13(10)15/h4-7,9H,8H2,1-3H3. The number of hydrogen-bond acceptors (Lipinski definition) is 1. The summed E-state index contributed by atoms with van der Waals surface area (Å²) in [7, 11) is 0. The summed E-state index contributed by atoms with van der Waals surface area (Å²) in [6.07, 6.45) is 2.13. The van der Waals surface area contributed by atoms with Crippen LogP contribution in [0.15, 0.2) is 24.3 Å². The topological polar surface area (TPSA) is 4.93 Å². The van der Waals surface area contributed by atoms with Crippen LogP contribution in [0, 0.1) is 0 Å². The fourth-order valence-corrected chi connectivity index (χ4v) is 2.80. The predicted molar refractivity (Wildman–Crippen MR) is 74.6 cm³/mol. The van der Waals surface area contributed by atoms with Crippen LogP contribution >= 0.6 is 23.4 Å². The van der Waals surface area contributed by atoms with Crippen molar-refractivity contribution in [2.75, 3.05) is 6.26 Å². The molecule has 0 saturated carbocycles. The Balaban J connectivity index is 2.67. The maximum absolute atomic E-state index is 6.06. The molecule has 0 radical (unpaired) electrons. The first-order valence-corrected chi connectivity index (χ1v) is 7.19. The Kier molecular flexibility index (Phi) is 3.50. The molecular formula is C13H16ClNS. The van der Waals surface area contributed by atoms with E-state index < -0.39 is 0 Å². The fourth-order valence-electron chi connectivity index (χ4n) is 2.12. The van der Waals surface area contributed by atoms with E-state index >= 15 is 0 Å². The lowest BCUT2D eigenvalue weighted by Gasteiger charge is -2.14. The second-order valence-electron chi connectivity index (χ2n) is 4.24. The molecule has 0 fully saturated rings. The Morgan fingerprint density at radius 1 is 1.31 bits per heavy atom. The molecule has 0 atom stereocenters. The fraction of sp³-hybridized carbons (Fsp3) is 0.385. The molecule has 0 spiro atoms. The summed E-state index contributed by atoms with van der Waals surface area (Å²) in [6.45, 7) is 4.42. The Morgan fingerprint density at radius 2 is 2.06 bits per heavy atom. The van der Waals surface area contributed by atoms with Gasteiger partial charge >= 0.3 is 0 Å². The molecule has 1 aromatic heterocycles. The van der Waals surface area contributed by atoms with Crippen molar-refractivity contribution in [1.82, 2.24) is 4.57 Å². The van der Waals surface area contributed by atoms with Crippen LogP contribution < -0.4 is 0 Å². The number of hydrogen-bond donors (Lipinski definition) is 0. The van der Waals surface area contributed by atoms with Crippen molar-refractivity contribution in [1.29, 1.82) is 0 Å². The highest BCUT2D eigenvalue weighted by molar-refractivity contribution is 7.97. The molecule has 0 aliphatic rings. The van der Waals surface area contributed by atoms with Gasteiger partial charge in [-0.25, -0.2) is 0 Å². The Labute approximate surface area is 106 Å². The zero-order valence-corrected chi connectivity index (χ0v) is 11.4. The molecular weight excluding hydrogens is 238 g/mol. The van der Waals surface area contributed by atoms with Gasteiger partial charge in [0.05, 0.1) is 0 Å². The van der Waals surface area contributed by atoms with E-state index in [1.165, 1.54) is 16.6 Å². The van der Waals surface area contributed by atoms with Gasteiger partial charge in [-0.3, -0.25) is 0 Å². The van der Waals surface area contributed by atoms with E-state index in [9.17, 15) is 0 Å². The third-order valence-electron chi connectivity index (χ3n) is 2.69. The second kappa shape index (κ2) is 4.72. The van der Waals surface area contributed by atoms with Gasteiger partial charge in [0.15, 0.2) is 0 Å². The molecule has 1 aromatic carbocycles. The van der Waals surface area contributed by atoms with Gasteiger partial charge < -0.3 is 4.57 Å². The Bertz CT molecular complexity index is 502. The predicted octanol–water partition coefficient (Wildman–Crippen LogP) is 4.74. The first-order chi connectivity index (χ1) is 7.63. The van der Waals surface area contributed by atoms with Gasteiger partial charge in [0.2, 0.25) is 0 Å². The molecule has 0 amide bonds. The highest BCUT2D eigenvalue weighted by Gasteiger charge is 2.11. The number of fused-ring (bicyclic) bond motifs is 1. The number of rotatable bonds is 3. The van der Waals surface area contributed by atoms with Crippen molar-refractivity contribution in [3.05, 3.63) is 35.0 Å². The summed E-state index contributed by atoms with van der Waals surface area (Å²) >= 11 is 7.92. The second-order valence-corrected chi connectivity index (χ2v) is 5.54. The minimum absolute atomic E-state index is 0.470. The number of halogens is 1. The van der Waals surface area contributed by atoms with Crippen molar-refractivity contribution in [3.8, 4) is 0 Å². The highest BCUT2D eigenvalue weighted by atomic mass is 35.5. The highest BCUT2D eigenvalue weighted by Crippen LogP contribution is 2.28. The van der Waals surface area contributed by atoms with Gasteiger partial charge in [-0.05, 0) is 43.7 Å². The average molecular weight is 254 g/mol. The zero-order chi connectivity index (χ0) is 11.7. The lowest BCUT2D eigenvalue weighted by molar-refractivity contribution is 0.606. The number of nitrogens with zero attached hydrogens (tertiary/aromatic N) is 1. The molecule has 86 valence electrons. The van der Waals surface area contributed by atoms with Crippen LogP contribution in [-0.4, -0.2) is 10.8 Å². The van der Waals surface area contributed by atoms with Crippen molar-refractivity contribution in [2.45, 2.75) is 25.6 Å². The van der Waals surface area contributed by atoms with Crippen molar-refractivity contribution < 1.29 is 0 Å². The molecule has 0 bridgehead atoms. The third-order valence-corrected chi connectivity index (χ3v) is 3.51. The van der Waals surface area contributed by atoms with Crippen LogP contribution in [0.1, 0.15) is 25.6 Å². The van der Waals surface area contributed by atoms with E-state index in [0.717, 1.165) is 10.8 Å². The maximum Gasteiger partial charge on any atom is 0.0500 e. The summed E-state index contributed by atoms with van der Waals surface area (Å²) in [6, 6.07) is 8.85. The van der Waals surface area contributed by atoms with E-state index in [0.29, 0.717) is 6.04 Å². The number of benzene rings is 1. The van der Waals surface area contributed by atoms with E-state index in [1.54, 1.807) is 0 Å². The van der Waals surface area contributed by atoms with Gasteiger partial charge in [-0.1, -0.05) is 17.7 Å². The molecule has 0 N–H and O–H groups in total. The van der Waals surface area contributed by atoms with Crippen LogP contribution in [-0.2, 0) is 5.75 Å². The SMILES string of the molecule is CSCc1cc2ccc(Cl)cc2n1C(C)C. The third kappa shape index (κ3) is 2.09. The van der Waals surface area contributed by atoms with Crippen LogP contribution in [0.2, 0.25) is 5.02 Å². The Hall–Kier alpha value is -0.600. The molecule has 3 heteroatoms. The monoisotopic (exact) mass is 253 g/mol. The maximum atomic E-state index is 6.06. The van der Waals surface area contributed by atoms with Gasteiger partial charge in [0.25, 0.3) is 0 Å². The molecule has 0 saturated heterocycles. The van der Waals surface area contributed by atoms with Crippen molar-refractivity contribution in [3.63, 3.8) is 0 Å². The normalized spacial score (nSPS) is 11.6. The minimum atomic E-state index is 0.470. The quantitative estimate of drug-likeness (QED) is 0.765. The molecule has 1 heterocycles. The zero-order valence-electron chi connectivity index (χ0n) is 9.83. The van der Waals surface area contributed by atoms with Gasteiger partial charge in [0.1, 0.15) is 0 Å². The molecule has 16 heavy (non-hydrogen) atoms. The molecule has 2 rings (SSSR count). The van der Waals surface area contributed by atoms with Crippen LogP contribution in [0.25, 0.3) is 10.9 Å². The summed E-state index contributed by atoms with van der Waals surface area (Å²) in [5.41, 5.74) is 2.62. The van der Waals surface area contributed by atoms with E-state index in [1.807, 2.05) is 17.8 Å². The molecule has 0 aliphatic heterocycles. The lowest BCUT2D eigenvalue weighted by Crippen LogP contribution is -2.04. The Morgan fingerprint density at radius 3 is 2.69 bits per heavy atom. The van der Waals surface area contributed by atoms with Crippen molar-refractivity contribution in [2.24, 2.45) is 0 Å². The van der Waals surface area contributed by atoms with E-state index in [4.69, 9.17) is 11.6 Å². The van der Waals surface area contributed by atoms with E-state index in [2.05, 4.69) is 42.9 Å². The summed E-state index contributed by atoms with van der Waals surface area (Å²) in [4.78, 5) is 0. The molecule has 0 unspecified atom stereocenters. The molecule has 1 nitrogen and oxygen atoms in total.